The van der Waals surface area contributed by atoms with Gasteiger partial charge in [-0.3, -0.25) is 9.98 Å². The van der Waals surface area contributed by atoms with Crippen molar-refractivity contribution < 1.29 is 0 Å². The second-order valence-corrected chi connectivity index (χ2v) is 14.3. The summed E-state index contributed by atoms with van der Waals surface area (Å²) in [6.45, 7) is 19.4. The summed E-state index contributed by atoms with van der Waals surface area (Å²) in [6, 6.07) is 17.0. The molecule has 0 N–H and O–H groups in total. The molecule has 2 aromatic rings. The summed E-state index contributed by atoms with van der Waals surface area (Å²) in [4.78, 5) is 12.1. The fourth-order valence-corrected chi connectivity index (χ4v) is 4.94. The molecule has 0 spiro atoms. The van der Waals surface area contributed by atoms with Crippen LogP contribution < -0.4 is 0 Å². The second-order valence-electron chi connectivity index (χ2n) is 10.6. The third-order valence-corrected chi connectivity index (χ3v) is 6.58. The zero-order chi connectivity index (χ0) is 23.1. The van der Waals surface area contributed by atoms with Crippen LogP contribution in [0.3, 0.4) is 0 Å². The standard InChI is InChI=1S/C27H38N2S2/c1-25(2,3)30-23-15-11-9-13-21(23)17-28-19-27(7,8)20-29-18-22-14-10-12-16-24(22)31-26(4,5)6/h9-18H,19-20H2,1-8H3/b28-17-,29-18+. The van der Waals surface area contributed by atoms with E-state index in [-0.39, 0.29) is 14.9 Å². The van der Waals surface area contributed by atoms with Crippen molar-refractivity contribution in [3.8, 4) is 0 Å². The molecule has 2 rings (SSSR count). The molecule has 0 aliphatic rings. The molecule has 0 aliphatic carbocycles. The Kier molecular flexibility index (Phi) is 9.03. The molecular formula is C27H38N2S2. The van der Waals surface area contributed by atoms with E-state index in [1.165, 1.54) is 20.9 Å². The van der Waals surface area contributed by atoms with Gasteiger partial charge >= 0.3 is 0 Å². The van der Waals surface area contributed by atoms with Gasteiger partial charge in [0.05, 0.1) is 0 Å². The first-order valence-corrected chi connectivity index (χ1v) is 12.5. The molecule has 0 amide bonds. The Labute approximate surface area is 198 Å². The largest absolute Gasteiger partial charge is 0.292 e. The Morgan fingerprint density at radius 2 is 0.968 bits per heavy atom. The lowest BCUT2D eigenvalue weighted by Gasteiger charge is -2.21. The van der Waals surface area contributed by atoms with E-state index in [0.29, 0.717) is 0 Å². The summed E-state index contributed by atoms with van der Waals surface area (Å²) in [7, 11) is 0. The van der Waals surface area contributed by atoms with Crippen molar-refractivity contribution in [1.82, 2.24) is 0 Å². The second kappa shape index (κ2) is 10.9. The van der Waals surface area contributed by atoms with E-state index in [1.54, 1.807) is 0 Å². The van der Waals surface area contributed by atoms with Crippen molar-refractivity contribution >= 4 is 36.0 Å². The summed E-state index contributed by atoms with van der Waals surface area (Å²) in [5.41, 5.74) is 2.38. The van der Waals surface area contributed by atoms with Crippen LogP contribution >= 0.6 is 23.5 Å². The number of benzene rings is 2. The first-order valence-electron chi connectivity index (χ1n) is 10.9. The van der Waals surface area contributed by atoms with Crippen LogP contribution in [0, 0.1) is 5.41 Å². The summed E-state index contributed by atoms with van der Waals surface area (Å²) in [5.74, 6) is 0. The molecule has 0 atom stereocenters. The van der Waals surface area contributed by atoms with E-state index in [2.05, 4.69) is 104 Å². The van der Waals surface area contributed by atoms with Crippen molar-refractivity contribution in [2.45, 2.75) is 74.7 Å². The van der Waals surface area contributed by atoms with Crippen molar-refractivity contribution in [3.05, 3.63) is 59.7 Å². The highest BCUT2D eigenvalue weighted by molar-refractivity contribution is 8.01. The topological polar surface area (TPSA) is 24.7 Å². The predicted molar refractivity (Wildman–Crippen MR) is 143 cm³/mol. The molecule has 2 aromatic carbocycles. The summed E-state index contributed by atoms with van der Waals surface area (Å²) in [5, 5.41) is 0. The Morgan fingerprint density at radius 3 is 1.32 bits per heavy atom. The molecule has 31 heavy (non-hydrogen) atoms. The molecule has 2 nitrogen and oxygen atoms in total. The van der Waals surface area contributed by atoms with Crippen LogP contribution in [-0.2, 0) is 0 Å². The lowest BCUT2D eigenvalue weighted by atomic mass is 9.94. The van der Waals surface area contributed by atoms with Gasteiger partial charge in [-0.25, -0.2) is 0 Å². The minimum absolute atomic E-state index is 0.00519. The maximum atomic E-state index is 4.78. The molecular weight excluding hydrogens is 416 g/mol. The van der Waals surface area contributed by atoms with Gasteiger partial charge in [0.1, 0.15) is 0 Å². The molecule has 0 saturated carbocycles. The number of hydrogen-bond acceptors (Lipinski definition) is 4. The number of hydrogen-bond donors (Lipinski definition) is 0. The fraction of sp³-hybridized carbons (Fsp3) is 0.481. The van der Waals surface area contributed by atoms with Gasteiger partial charge in [0.25, 0.3) is 0 Å². The third kappa shape index (κ3) is 10.1. The third-order valence-electron chi connectivity index (χ3n) is 4.17. The zero-order valence-corrected chi connectivity index (χ0v) is 22.0. The van der Waals surface area contributed by atoms with E-state index in [0.717, 1.165) is 13.1 Å². The highest BCUT2D eigenvalue weighted by Crippen LogP contribution is 2.34. The van der Waals surface area contributed by atoms with E-state index in [9.17, 15) is 0 Å². The van der Waals surface area contributed by atoms with Gasteiger partial charge in [-0.05, 0) is 12.1 Å². The lowest BCUT2D eigenvalue weighted by Crippen LogP contribution is -2.20. The first-order chi connectivity index (χ1) is 14.3. The number of aliphatic imine (C=N–C) groups is 2. The van der Waals surface area contributed by atoms with E-state index < -0.39 is 0 Å². The number of nitrogens with zero attached hydrogens (tertiary/aromatic N) is 2. The van der Waals surface area contributed by atoms with Gasteiger partial charge in [0.2, 0.25) is 0 Å². The molecule has 0 radical (unpaired) electrons. The van der Waals surface area contributed by atoms with Crippen LogP contribution in [0.1, 0.15) is 66.5 Å². The van der Waals surface area contributed by atoms with E-state index >= 15 is 0 Å². The molecule has 0 aromatic heterocycles. The first kappa shape index (κ1) is 25.7. The maximum absolute atomic E-state index is 4.78. The lowest BCUT2D eigenvalue weighted by molar-refractivity contribution is 0.396. The Hall–Kier alpha value is -1.52. The van der Waals surface area contributed by atoms with Gasteiger partial charge < -0.3 is 0 Å². The fourth-order valence-electron chi connectivity index (χ4n) is 2.85. The molecule has 4 heteroatoms. The normalized spacial score (nSPS) is 13.4. The van der Waals surface area contributed by atoms with Crippen LogP contribution in [0.25, 0.3) is 0 Å². The average Bonchev–Trinajstić information content (AvgIpc) is 2.62. The summed E-state index contributed by atoms with van der Waals surface area (Å²) >= 11 is 3.77. The van der Waals surface area contributed by atoms with Gasteiger partial charge in [-0.1, -0.05) is 91.8 Å². The Morgan fingerprint density at radius 1 is 0.613 bits per heavy atom. The van der Waals surface area contributed by atoms with Crippen LogP contribution in [-0.4, -0.2) is 35.0 Å². The highest BCUT2D eigenvalue weighted by Gasteiger charge is 2.18. The SMILES string of the molecule is CC(C)(C/N=C\c1ccccc1SC(C)(C)C)C/N=C/c1ccccc1SC(C)(C)C. The number of thioether (sulfide) groups is 2. The minimum Gasteiger partial charge on any atom is -0.292 e. The van der Waals surface area contributed by atoms with Gasteiger partial charge in [0.15, 0.2) is 0 Å². The van der Waals surface area contributed by atoms with Crippen molar-refractivity contribution in [3.63, 3.8) is 0 Å². The predicted octanol–water partition coefficient (Wildman–Crippen LogP) is 8.03. The Balaban J connectivity index is 2.01. The number of rotatable bonds is 8. The highest BCUT2D eigenvalue weighted by atomic mass is 32.2. The van der Waals surface area contributed by atoms with Crippen molar-refractivity contribution in [2.24, 2.45) is 15.4 Å². The van der Waals surface area contributed by atoms with Crippen LogP contribution in [0.2, 0.25) is 0 Å². The van der Waals surface area contributed by atoms with Gasteiger partial charge in [-0.2, -0.15) is 0 Å². The maximum Gasteiger partial charge on any atom is 0.0458 e. The zero-order valence-electron chi connectivity index (χ0n) is 20.4. The smallest absolute Gasteiger partial charge is 0.0458 e. The molecule has 0 aliphatic heterocycles. The van der Waals surface area contributed by atoms with Crippen LogP contribution in [0.5, 0.6) is 0 Å². The monoisotopic (exact) mass is 454 g/mol. The molecule has 0 unspecified atom stereocenters. The van der Waals surface area contributed by atoms with Crippen LogP contribution in [0.15, 0.2) is 68.3 Å². The molecule has 0 saturated heterocycles. The molecule has 0 fully saturated rings. The van der Waals surface area contributed by atoms with Crippen molar-refractivity contribution in [2.75, 3.05) is 13.1 Å². The molecule has 0 heterocycles. The minimum atomic E-state index is 0.00519. The van der Waals surface area contributed by atoms with E-state index in [4.69, 9.17) is 9.98 Å². The van der Waals surface area contributed by atoms with Crippen LogP contribution in [0.4, 0.5) is 0 Å². The molecule has 168 valence electrons. The van der Waals surface area contributed by atoms with Crippen molar-refractivity contribution in [1.29, 1.82) is 0 Å². The molecule has 0 bridgehead atoms. The quantitative estimate of drug-likeness (QED) is 0.298. The summed E-state index contributed by atoms with van der Waals surface area (Å²) < 4.78 is 0.360. The average molecular weight is 455 g/mol. The van der Waals surface area contributed by atoms with Gasteiger partial charge in [-0.15, -0.1) is 23.5 Å². The Bertz CT molecular complexity index is 826. The van der Waals surface area contributed by atoms with Gasteiger partial charge in [0, 0.05) is 61.3 Å². The van der Waals surface area contributed by atoms with E-state index in [1.807, 2.05) is 36.0 Å². The summed E-state index contributed by atoms with van der Waals surface area (Å²) in [6.07, 6.45) is 4.05.